The zero-order chi connectivity index (χ0) is 45.5. The van der Waals surface area contributed by atoms with Crippen molar-refractivity contribution in [3.05, 3.63) is 146 Å². The van der Waals surface area contributed by atoms with E-state index in [0.717, 1.165) is 73.7 Å². The smallest absolute Gasteiger partial charge is 0.213 e. The zero-order valence-corrected chi connectivity index (χ0v) is 40.4. The van der Waals surface area contributed by atoms with Gasteiger partial charge in [-0.1, -0.05) is 139 Å². The highest BCUT2D eigenvalue weighted by Crippen LogP contribution is 2.46. The van der Waals surface area contributed by atoms with Crippen molar-refractivity contribution in [2.75, 3.05) is 16.0 Å². The van der Waals surface area contributed by atoms with Crippen molar-refractivity contribution in [3.63, 3.8) is 0 Å². The van der Waals surface area contributed by atoms with E-state index in [0.29, 0.717) is 49.7 Å². The number of pyridine rings is 1. The summed E-state index contributed by atoms with van der Waals surface area (Å²) in [4.78, 5) is 17.9. The Morgan fingerprint density at radius 1 is 0.677 bits per heavy atom. The molecule has 0 aliphatic heterocycles. The topological polar surface area (TPSA) is 123 Å². The number of nitrogens with zero attached hydrogens (tertiary/aromatic N) is 8. The number of fused-ring (bicyclic) bond motifs is 2. The summed E-state index contributed by atoms with van der Waals surface area (Å²) in [6.07, 6.45) is 3.28. The predicted molar refractivity (Wildman–Crippen MR) is 274 cm³/mol. The molecule has 328 valence electrons. The average Bonchev–Trinajstić information content (AvgIpc) is 4.01. The predicted octanol–water partition coefficient (Wildman–Crippen LogP) is 15.8. The molecule has 0 radical (unpaired) electrons. The Hall–Kier alpha value is -6.18. The second-order valence-corrected chi connectivity index (χ2v) is 18.9. The third-order valence-electron chi connectivity index (χ3n) is 11.5. The van der Waals surface area contributed by atoms with E-state index >= 15 is 0 Å². The number of nitrogens with two attached hydrogens (primary N) is 1. The lowest BCUT2D eigenvalue weighted by Crippen LogP contribution is -2.17. The van der Waals surface area contributed by atoms with Crippen LogP contribution in [0.1, 0.15) is 66.6 Å². The van der Waals surface area contributed by atoms with Crippen LogP contribution >= 0.6 is 45.9 Å². The molecule has 0 unspecified atom stereocenters. The van der Waals surface area contributed by atoms with Gasteiger partial charge in [-0.05, 0) is 117 Å². The largest absolute Gasteiger partial charge is 0.394 e. The van der Waals surface area contributed by atoms with Gasteiger partial charge in [-0.15, -0.1) is 10.2 Å². The molecule has 3 N–H and O–H groups in total. The van der Waals surface area contributed by atoms with E-state index in [-0.39, 0.29) is 0 Å². The summed E-state index contributed by atoms with van der Waals surface area (Å²) in [6.45, 7) is 15.1. The van der Waals surface area contributed by atoms with E-state index < -0.39 is 0 Å². The summed E-state index contributed by atoms with van der Waals surface area (Å²) in [5.41, 5.74) is 21.1. The summed E-state index contributed by atoms with van der Waals surface area (Å²) < 4.78 is 3.57. The van der Waals surface area contributed by atoms with Crippen molar-refractivity contribution in [1.29, 1.82) is 0 Å². The Bertz CT molecular complexity index is 3230. The van der Waals surface area contributed by atoms with Gasteiger partial charge in [0.2, 0.25) is 10.9 Å². The van der Waals surface area contributed by atoms with Crippen LogP contribution in [0.5, 0.6) is 0 Å². The highest BCUT2D eigenvalue weighted by atomic mass is 35.5. The fourth-order valence-electron chi connectivity index (χ4n) is 8.34. The van der Waals surface area contributed by atoms with Gasteiger partial charge in [0.25, 0.3) is 0 Å². The highest BCUT2D eigenvalue weighted by Gasteiger charge is 2.27. The van der Waals surface area contributed by atoms with Gasteiger partial charge in [-0.3, -0.25) is 4.90 Å². The Morgan fingerprint density at radius 2 is 1.26 bits per heavy atom. The minimum absolute atomic E-state index is 0.344. The number of aromatic nitrogens is 5. The Labute approximate surface area is 396 Å². The zero-order valence-electron chi connectivity index (χ0n) is 37.3. The van der Waals surface area contributed by atoms with E-state index in [2.05, 4.69) is 82.1 Å². The number of azo groups is 1. The van der Waals surface area contributed by atoms with Crippen LogP contribution in [0.3, 0.4) is 0 Å². The quantitative estimate of drug-likeness (QED) is 0.110. The van der Waals surface area contributed by atoms with Crippen LogP contribution < -0.4 is 16.0 Å². The Morgan fingerprint density at radius 3 is 1.88 bits per heavy atom. The van der Waals surface area contributed by atoms with Crippen LogP contribution in [0.2, 0.25) is 10.0 Å². The summed E-state index contributed by atoms with van der Waals surface area (Å²) in [5.74, 6) is 1.57. The first-order valence-corrected chi connectivity index (χ1v) is 24.2. The number of anilines is 6. The number of rotatable bonds is 13. The first-order valence-electron chi connectivity index (χ1n) is 21.8. The summed E-state index contributed by atoms with van der Waals surface area (Å²) in [6, 6.07) is 32.4. The molecule has 0 aliphatic rings. The molecule has 0 spiro atoms. The van der Waals surface area contributed by atoms with Crippen molar-refractivity contribution in [3.8, 4) is 16.4 Å². The number of benzene rings is 5. The van der Waals surface area contributed by atoms with Crippen molar-refractivity contribution >= 4 is 112 Å². The summed E-state index contributed by atoms with van der Waals surface area (Å²) >= 11 is 16.0. The van der Waals surface area contributed by atoms with E-state index in [1.54, 1.807) is 16.0 Å². The molecule has 0 aliphatic carbocycles. The number of nitrogens with one attached hydrogen (secondary N) is 1. The number of halogens is 2. The lowest BCUT2D eigenvalue weighted by molar-refractivity contribution is 0.866. The molecule has 0 amide bonds. The van der Waals surface area contributed by atoms with Gasteiger partial charge in [-0.2, -0.15) is 9.78 Å². The second-order valence-electron chi connectivity index (χ2n) is 16.0. The molecule has 65 heavy (non-hydrogen) atoms. The summed E-state index contributed by atoms with van der Waals surface area (Å²) in [5, 5.41) is 21.5. The Balaban J connectivity index is 1.28. The third kappa shape index (κ3) is 8.59. The fraction of sp³-hybridized carbons (Fsp3) is 0.216. The van der Waals surface area contributed by atoms with E-state index in [9.17, 15) is 0 Å². The van der Waals surface area contributed by atoms with Crippen LogP contribution in [-0.2, 0) is 25.7 Å². The number of aryl methyl sites for hydroxylation is 7. The molecule has 0 saturated carbocycles. The number of hydrogen-bond donors (Lipinski definition) is 2. The molecule has 9 aromatic rings. The number of thiazole rings is 2. The monoisotopic (exact) mass is 934 g/mol. The van der Waals surface area contributed by atoms with Crippen LogP contribution in [0.25, 0.3) is 36.8 Å². The molecular weight excluding hydrogens is 888 g/mol. The number of nitrogen functional groups attached to an aromatic ring is 1. The molecule has 5 aromatic carbocycles. The standard InChI is InChI=1S/C51H48Cl2N10S2/c1-8-31-21-28(5)22-32(9-2)45(31)58-48-44(59-60-49-43(54)46(35-15-13-12-14-16-35)61-63(49)51-56-39-20-18-37(53)27-41(39)65-51)30(7)25-42(57-48)62(47-33(10-3)23-29(6)24-34(47)11-4)50-55-38-19-17-36(52)26-40(38)64-50/h12-27H,8-11,54H2,1-7H3,(H,57,58). The minimum atomic E-state index is 0.344. The van der Waals surface area contributed by atoms with Crippen molar-refractivity contribution in [2.45, 2.75) is 74.1 Å². The molecular formula is C51H48Cl2N10S2. The number of hydrogen-bond acceptors (Lipinski definition) is 11. The summed E-state index contributed by atoms with van der Waals surface area (Å²) in [7, 11) is 0. The van der Waals surface area contributed by atoms with E-state index in [4.69, 9.17) is 59.2 Å². The molecule has 0 atom stereocenters. The molecule has 9 rings (SSSR count). The first kappa shape index (κ1) is 44.0. The van der Waals surface area contributed by atoms with Crippen molar-refractivity contribution < 1.29 is 0 Å². The van der Waals surface area contributed by atoms with E-state index in [1.165, 1.54) is 44.7 Å². The highest BCUT2D eigenvalue weighted by molar-refractivity contribution is 7.22. The maximum absolute atomic E-state index is 7.01. The van der Waals surface area contributed by atoms with Crippen LogP contribution in [0.15, 0.2) is 107 Å². The molecule has 0 saturated heterocycles. The SMILES string of the molecule is CCc1cc(C)cc(CC)c1Nc1nc(N(c2nc3ccc(Cl)cc3s2)c2c(CC)cc(C)cc2CC)cc(C)c1N=Nc1c(N)c(-c2ccccc2)nn1-c1nc2ccc(Cl)cc2s1. The van der Waals surface area contributed by atoms with Crippen molar-refractivity contribution in [1.82, 2.24) is 24.7 Å². The normalized spacial score (nSPS) is 11.7. The molecule has 14 heteroatoms. The Kier molecular flexibility index (Phi) is 12.4. The fourth-order valence-corrected chi connectivity index (χ4v) is 10.8. The second kappa shape index (κ2) is 18.4. The molecule has 0 fully saturated rings. The van der Waals surface area contributed by atoms with Crippen LogP contribution in [0.4, 0.5) is 45.3 Å². The molecule has 4 heterocycles. The molecule has 0 bridgehead atoms. The van der Waals surface area contributed by atoms with Gasteiger partial charge >= 0.3 is 0 Å². The molecule has 10 nitrogen and oxygen atoms in total. The van der Waals surface area contributed by atoms with Gasteiger partial charge in [0.15, 0.2) is 10.9 Å². The van der Waals surface area contributed by atoms with Crippen molar-refractivity contribution in [2.24, 2.45) is 10.2 Å². The van der Waals surface area contributed by atoms with Gasteiger partial charge in [-0.25, -0.2) is 15.0 Å². The van der Waals surface area contributed by atoms with Gasteiger partial charge < -0.3 is 11.1 Å². The average molecular weight is 936 g/mol. The lowest BCUT2D eigenvalue weighted by Gasteiger charge is -2.28. The minimum Gasteiger partial charge on any atom is -0.394 e. The molecule has 4 aromatic heterocycles. The third-order valence-corrected chi connectivity index (χ3v) is 14.0. The van der Waals surface area contributed by atoms with Gasteiger partial charge in [0.1, 0.15) is 22.9 Å². The van der Waals surface area contributed by atoms with Crippen LogP contribution in [0, 0.1) is 20.8 Å². The van der Waals surface area contributed by atoms with Crippen LogP contribution in [-0.4, -0.2) is 24.7 Å². The maximum Gasteiger partial charge on any atom is 0.213 e. The lowest BCUT2D eigenvalue weighted by atomic mass is 9.98. The van der Waals surface area contributed by atoms with Gasteiger partial charge in [0, 0.05) is 21.3 Å². The van der Waals surface area contributed by atoms with Gasteiger partial charge in [0.05, 0.1) is 26.1 Å². The maximum atomic E-state index is 7.01. The van der Waals surface area contributed by atoms with E-state index in [1.807, 2.05) is 73.7 Å². The first-order chi connectivity index (χ1) is 31.5.